The summed E-state index contributed by atoms with van der Waals surface area (Å²) in [5, 5.41) is 4.01. The third-order valence-electron chi connectivity index (χ3n) is 2.15. The lowest BCUT2D eigenvalue weighted by Crippen LogP contribution is -1.97. The molecular formula is C10H9BrFN3. The predicted octanol–water partition coefficient (Wildman–Crippen LogP) is 2.57. The summed E-state index contributed by atoms with van der Waals surface area (Å²) in [6, 6.07) is 7.24. The lowest BCUT2D eigenvalue weighted by Gasteiger charge is -1.96. The highest BCUT2D eigenvalue weighted by Gasteiger charge is 2.14. The van der Waals surface area contributed by atoms with Gasteiger partial charge in [-0.2, -0.15) is 5.10 Å². The average Bonchev–Trinajstić information content (AvgIpc) is 2.47. The third-order valence-corrected chi connectivity index (χ3v) is 2.68. The van der Waals surface area contributed by atoms with Gasteiger partial charge in [0.2, 0.25) is 0 Å². The number of nitrogen functional groups attached to an aromatic ring is 1. The molecule has 0 aliphatic rings. The van der Waals surface area contributed by atoms with Gasteiger partial charge >= 0.3 is 0 Å². The Kier molecular flexibility index (Phi) is 2.48. The van der Waals surface area contributed by atoms with Crippen molar-refractivity contribution in [2.24, 2.45) is 7.05 Å². The van der Waals surface area contributed by atoms with E-state index in [0.29, 0.717) is 5.56 Å². The first-order chi connectivity index (χ1) is 7.09. The molecule has 0 amide bonds. The van der Waals surface area contributed by atoms with Crippen molar-refractivity contribution in [2.45, 2.75) is 0 Å². The second kappa shape index (κ2) is 3.66. The molecule has 0 unspecified atom stereocenters. The summed E-state index contributed by atoms with van der Waals surface area (Å²) >= 11 is 3.31. The summed E-state index contributed by atoms with van der Waals surface area (Å²) in [6.07, 6.45) is 0. The van der Waals surface area contributed by atoms with Crippen molar-refractivity contribution in [3.63, 3.8) is 0 Å². The molecule has 1 aromatic heterocycles. The van der Waals surface area contributed by atoms with Crippen molar-refractivity contribution in [3.05, 3.63) is 34.6 Å². The Labute approximate surface area is 94.8 Å². The lowest BCUT2D eigenvalue weighted by atomic mass is 10.1. The average molecular weight is 270 g/mol. The highest BCUT2D eigenvalue weighted by atomic mass is 79.9. The fourth-order valence-corrected chi connectivity index (χ4v) is 1.57. The van der Waals surface area contributed by atoms with Gasteiger partial charge in [-0.15, -0.1) is 0 Å². The third kappa shape index (κ3) is 1.74. The summed E-state index contributed by atoms with van der Waals surface area (Å²) in [5.74, 6) is -0.423. The molecule has 5 heteroatoms. The zero-order chi connectivity index (χ0) is 11.0. The Hall–Kier alpha value is -1.36. The Morgan fingerprint density at radius 2 is 1.93 bits per heavy atom. The lowest BCUT2D eigenvalue weighted by molar-refractivity contribution is 0.634. The molecule has 2 rings (SSSR count). The van der Waals surface area contributed by atoms with Crippen LogP contribution in [0.3, 0.4) is 0 Å². The highest BCUT2D eigenvalue weighted by molar-refractivity contribution is 9.10. The number of hydrogen-bond acceptors (Lipinski definition) is 2. The molecule has 0 aliphatic heterocycles. The van der Waals surface area contributed by atoms with Crippen molar-refractivity contribution < 1.29 is 4.39 Å². The molecule has 0 spiro atoms. The van der Waals surface area contributed by atoms with Crippen LogP contribution in [0.25, 0.3) is 11.3 Å². The minimum atomic E-state index is -0.472. The first-order valence-corrected chi connectivity index (χ1v) is 5.13. The maximum Gasteiger partial charge on any atom is 0.192 e. The van der Waals surface area contributed by atoms with Crippen LogP contribution in [0.15, 0.2) is 28.7 Å². The monoisotopic (exact) mass is 269 g/mol. The van der Waals surface area contributed by atoms with Gasteiger partial charge in [-0.05, 0) is 12.1 Å². The Morgan fingerprint density at radius 1 is 1.33 bits per heavy atom. The van der Waals surface area contributed by atoms with Crippen LogP contribution in [0, 0.1) is 5.82 Å². The minimum absolute atomic E-state index is 0.0490. The van der Waals surface area contributed by atoms with E-state index in [4.69, 9.17) is 5.73 Å². The topological polar surface area (TPSA) is 43.8 Å². The second-order valence-corrected chi connectivity index (χ2v) is 4.09. The maximum absolute atomic E-state index is 13.6. The van der Waals surface area contributed by atoms with Gasteiger partial charge in [0.1, 0.15) is 5.69 Å². The van der Waals surface area contributed by atoms with E-state index in [1.54, 1.807) is 19.2 Å². The van der Waals surface area contributed by atoms with Crippen molar-refractivity contribution in [3.8, 4) is 11.3 Å². The second-order valence-electron chi connectivity index (χ2n) is 3.18. The van der Waals surface area contributed by atoms with Gasteiger partial charge in [-0.1, -0.05) is 28.1 Å². The molecule has 0 fully saturated rings. The number of aryl methyl sites for hydroxylation is 1. The van der Waals surface area contributed by atoms with Gasteiger partial charge < -0.3 is 5.73 Å². The summed E-state index contributed by atoms with van der Waals surface area (Å²) in [5.41, 5.74) is 6.48. The predicted molar refractivity (Wildman–Crippen MR) is 60.7 cm³/mol. The van der Waals surface area contributed by atoms with Crippen molar-refractivity contribution in [1.29, 1.82) is 0 Å². The van der Waals surface area contributed by atoms with Crippen LogP contribution in [-0.2, 0) is 7.05 Å². The van der Waals surface area contributed by atoms with Crippen LogP contribution in [0.5, 0.6) is 0 Å². The summed E-state index contributed by atoms with van der Waals surface area (Å²) < 4.78 is 15.9. The van der Waals surface area contributed by atoms with Crippen molar-refractivity contribution >= 4 is 21.7 Å². The Balaban J connectivity index is 2.54. The molecule has 0 aliphatic carbocycles. The molecule has 0 radical (unpaired) electrons. The summed E-state index contributed by atoms with van der Waals surface area (Å²) in [6.45, 7) is 0. The standard InChI is InChI=1S/C10H9BrFN3/c1-15-10(13)8(12)9(14-15)6-2-4-7(11)5-3-6/h2-5H,13H2,1H3. The van der Waals surface area contributed by atoms with Crippen LogP contribution in [0.1, 0.15) is 0 Å². The molecule has 1 aromatic carbocycles. The van der Waals surface area contributed by atoms with Crippen LogP contribution >= 0.6 is 15.9 Å². The molecule has 15 heavy (non-hydrogen) atoms. The first-order valence-electron chi connectivity index (χ1n) is 4.33. The van der Waals surface area contributed by atoms with E-state index >= 15 is 0 Å². The number of anilines is 1. The summed E-state index contributed by atoms with van der Waals surface area (Å²) in [4.78, 5) is 0. The Bertz CT molecular complexity index is 490. The normalized spacial score (nSPS) is 10.6. The fraction of sp³-hybridized carbons (Fsp3) is 0.100. The number of benzene rings is 1. The largest absolute Gasteiger partial charge is 0.381 e. The molecule has 0 saturated heterocycles. The molecule has 0 atom stereocenters. The van der Waals surface area contributed by atoms with E-state index < -0.39 is 5.82 Å². The number of halogens is 2. The number of rotatable bonds is 1. The van der Waals surface area contributed by atoms with Gasteiger partial charge in [0.05, 0.1) is 0 Å². The van der Waals surface area contributed by atoms with Crippen LogP contribution in [-0.4, -0.2) is 9.78 Å². The van der Waals surface area contributed by atoms with E-state index in [0.717, 1.165) is 4.47 Å². The first kappa shape index (κ1) is 10.2. The highest BCUT2D eigenvalue weighted by Crippen LogP contribution is 2.25. The van der Waals surface area contributed by atoms with Crippen LogP contribution in [0.4, 0.5) is 10.2 Å². The number of nitrogens with two attached hydrogens (primary N) is 1. The smallest absolute Gasteiger partial charge is 0.192 e. The van der Waals surface area contributed by atoms with E-state index in [2.05, 4.69) is 21.0 Å². The maximum atomic E-state index is 13.6. The van der Waals surface area contributed by atoms with Crippen LogP contribution in [0.2, 0.25) is 0 Å². The van der Waals surface area contributed by atoms with Crippen molar-refractivity contribution in [2.75, 3.05) is 5.73 Å². The summed E-state index contributed by atoms with van der Waals surface area (Å²) in [7, 11) is 1.61. The SMILES string of the molecule is Cn1nc(-c2ccc(Br)cc2)c(F)c1N. The molecule has 3 nitrogen and oxygen atoms in total. The number of aromatic nitrogens is 2. The molecule has 78 valence electrons. The minimum Gasteiger partial charge on any atom is -0.381 e. The van der Waals surface area contributed by atoms with Gasteiger partial charge in [0, 0.05) is 17.1 Å². The van der Waals surface area contributed by atoms with Gasteiger partial charge in [-0.3, -0.25) is 0 Å². The number of hydrogen-bond donors (Lipinski definition) is 1. The molecule has 1 heterocycles. The molecule has 0 saturated carbocycles. The van der Waals surface area contributed by atoms with E-state index in [9.17, 15) is 4.39 Å². The van der Waals surface area contributed by atoms with Crippen LogP contribution < -0.4 is 5.73 Å². The quantitative estimate of drug-likeness (QED) is 0.865. The number of nitrogens with zero attached hydrogens (tertiary/aromatic N) is 2. The fourth-order valence-electron chi connectivity index (χ4n) is 1.30. The van der Waals surface area contributed by atoms with E-state index in [-0.39, 0.29) is 11.5 Å². The Morgan fingerprint density at radius 3 is 2.40 bits per heavy atom. The van der Waals surface area contributed by atoms with E-state index in [1.807, 2.05) is 12.1 Å². The zero-order valence-electron chi connectivity index (χ0n) is 8.04. The van der Waals surface area contributed by atoms with Gasteiger partial charge in [0.25, 0.3) is 0 Å². The molecule has 2 N–H and O–H groups in total. The molecule has 0 bridgehead atoms. The van der Waals surface area contributed by atoms with Crippen molar-refractivity contribution in [1.82, 2.24) is 9.78 Å². The van der Waals surface area contributed by atoms with E-state index in [1.165, 1.54) is 4.68 Å². The van der Waals surface area contributed by atoms with Gasteiger partial charge in [0.15, 0.2) is 11.6 Å². The van der Waals surface area contributed by atoms with Gasteiger partial charge in [-0.25, -0.2) is 9.07 Å². The molecular weight excluding hydrogens is 261 g/mol. The molecule has 2 aromatic rings. The zero-order valence-corrected chi connectivity index (χ0v) is 9.62.